The van der Waals surface area contributed by atoms with Crippen LogP contribution in [0, 0.1) is 11.7 Å². The van der Waals surface area contributed by atoms with Crippen LogP contribution in [0.5, 0.6) is 0 Å². The van der Waals surface area contributed by atoms with E-state index in [0.29, 0.717) is 0 Å². The molecule has 1 aliphatic rings. The monoisotopic (exact) mass is 264 g/mol. The van der Waals surface area contributed by atoms with Gasteiger partial charge in [-0.05, 0) is 56.5 Å². The molecule has 1 heterocycles. The van der Waals surface area contributed by atoms with Gasteiger partial charge in [-0.15, -0.1) is 0 Å². The van der Waals surface area contributed by atoms with Crippen LogP contribution in [0.3, 0.4) is 0 Å². The van der Waals surface area contributed by atoms with Crippen LogP contribution in [0.1, 0.15) is 32.6 Å². The Bertz CT molecular complexity index is 381. The Kier molecular flexibility index (Phi) is 5.64. The summed E-state index contributed by atoms with van der Waals surface area (Å²) in [5.74, 6) is 0.742. The van der Waals surface area contributed by atoms with E-state index in [-0.39, 0.29) is 5.82 Å². The van der Waals surface area contributed by atoms with Crippen molar-refractivity contribution in [2.45, 2.75) is 32.6 Å². The molecule has 0 radical (unpaired) electrons. The minimum absolute atomic E-state index is 0.175. The molecule has 1 aromatic rings. The highest BCUT2D eigenvalue weighted by molar-refractivity contribution is 5.42. The van der Waals surface area contributed by atoms with E-state index in [1.807, 2.05) is 6.07 Å². The smallest absolute Gasteiger partial charge is 0.125 e. The zero-order valence-corrected chi connectivity index (χ0v) is 11.9. The van der Waals surface area contributed by atoms with Crippen LogP contribution in [-0.2, 0) is 0 Å². The molecule has 19 heavy (non-hydrogen) atoms. The van der Waals surface area contributed by atoms with Gasteiger partial charge in [-0.2, -0.15) is 0 Å². The Morgan fingerprint density at radius 3 is 3.00 bits per heavy atom. The van der Waals surface area contributed by atoms with Gasteiger partial charge in [-0.25, -0.2) is 4.39 Å². The predicted octanol–water partition coefficient (Wildman–Crippen LogP) is 3.75. The van der Waals surface area contributed by atoms with Crippen molar-refractivity contribution >= 4 is 5.69 Å². The molecule has 1 saturated heterocycles. The molecule has 0 aliphatic carbocycles. The van der Waals surface area contributed by atoms with Crippen LogP contribution in [0.15, 0.2) is 24.3 Å². The van der Waals surface area contributed by atoms with Gasteiger partial charge in [0.05, 0.1) is 0 Å². The normalized spacial score (nSPS) is 21.1. The molecule has 3 heteroatoms. The molecule has 0 aromatic heterocycles. The first-order chi connectivity index (χ1) is 9.28. The molecule has 0 amide bonds. The highest BCUT2D eigenvalue weighted by Crippen LogP contribution is 2.20. The Balaban J connectivity index is 1.70. The van der Waals surface area contributed by atoms with Gasteiger partial charge in [0.1, 0.15) is 5.82 Å². The molecular formula is C16H25FN2. The maximum absolute atomic E-state index is 13.0. The number of likely N-dealkylation sites (tertiary alicyclic amines) is 1. The van der Waals surface area contributed by atoms with Crippen molar-refractivity contribution in [1.29, 1.82) is 0 Å². The number of nitrogens with zero attached hydrogens (tertiary/aromatic N) is 1. The molecule has 1 aliphatic heterocycles. The van der Waals surface area contributed by atoms with Crippen molar-refractivity contribution in [2.75, 3.05) is 31.5 Å². The minimum atomic E-state index is -0.175. The summed E-state index contributed by atoms with van der Waals surface area (Å²) in [4.78, 5) is 2.53. The SMILES string of the molecule is CCC1CCCN(CCNc2cccc(F)c2)CC1. The maximum atomic E-state index is 13.0. The van der Waals surface area contributed by atoms with E-state index in [9.17, 15) is 4.39 Å². The van der Waals surface area contributed by atoms with Crippen molar-refractivity contribution < 1.29 is 4.39 Å². The molecule has 1 atom stereocenters. The third-order valence-electron chi connectivity index (χ3n) is 4.10. The number of hydrogen-bond donors (Lipinski definition) is 1. The van der Waals surface area contributed by atoms with E-state index in [2.05, 4.69) is 17.1 Å². The quantitative estimate of drug-likeness (QED) is 0.871. The van der Waals surface area contributed by atoms with Gasteiger partial charge in [-0.3, -0.25) is 0 Å². The molecule has 1 fully saturated rings. The molecule has 106 valence electrons. The van der Waals surface area contributed by atoms with Crippen molar-refractivity contribution in [3.05, 3.63) is 30.1 Å². The summed E-state index contributed by atoms with van der Waals surface area (Å²) in [6.07, 6.45) is 5.34. The van der Waals surface area contributed by atoms with Crippen molar-refractivity contribution in [3.8, 4) is 0 Å². The summed E-state index contributed by atoms with van der Waals surface area (Å²) < 4.78 is 13.0. The average molecular weight is 264 g/mol. The first-order valence-electron chi connectivity index (χ1n) is 7.49. The van der Waals surface area contributed by atoms with Crippen LogP contribution >= 0.6 is 0 Å². The fourth-order valence-electron chi connectivity index (χ4n) is 2.81. The summed E-state index contributed by atoms with van der Waals surface area (Å²) in [7, 11) is 0. The second-order valence-electron chi connectivity index (χ2n) is 5.48. The maximum Gasteiger partial charge on any atom is 0.125 e. The Labute approximate surface area is 116 Å². The Hall–Kier alpha value is -1.09. The molecule has 0 bridgehead atoms. The lowest BCUT2D eigenvalue weighted by atomic mass is 9.98. The third kappa shape index (κ3) is 4.83. The summed E-state index contributed by atoms with van der Waals surface area (Å²) >= 11 is 0. The topological polar surface area (TPSA) is 15.3 Å². The van der Waals surface area contributed by atoms with E-state index in [0.717, 1.165) is 24.7 Å². The number of nitrogens with one attached hydrogen (secondary N) is 1. The number of anilines is 1. The van der Waals surface area contributed by atoms with Crippen molar-refractivity contribution in [3.63, 3.8) is 0 Å². The molecule has 1 N–H and O–H groups in total. The van der Waals surface area contributed by atoms with Gasteiger partial charge < -0.3 is 10.2 Å². The van der Waals surface area contributed by atoms with Crippen LogP contribution in [0.4, 0.5) is 10.1 Å². The standard InChI is InChI=1S/C16H25FN2/c1-2-14-5-4-10-19(11-8-14)12-9-18-16-7-3-6-15(17)13-16/h3,6-7,13-14,18H,2,4-5,8-12H2,1H3. The fourth-order valence-corrected chi connectivity index (χ4v) is 2.81. The Morgan fingerprint density at radius 1 is 1.32 bits per heavy atom. The number of rotatable bonds is 5. The summed E-state index contributed by atoms with van der Waals surface area (Å²) in [6.45, 7) is 6.66. The van der Waals surface area contributed by atoms with Crippen LogP contribution in [-0.4, -0.2) is 31.1 Å². The van der Waals surface area contributed by atoms with Gasteiger partial charge in [0.15, 0.2) is 0 Å². The average Bonchev–Trinajstić information content (AvgIpc) is 2.64. The lowest BCUT2D eigenvalue weighted by Crippen LogP contribution is -2.30. The molecule has 2 nitrogen and oxygen atoms in total. The van der Waals surface area contributed by atoms with E-state index in [1.54, 1.807) is 12.1 Å². The highest BCUT2D eigenvalue weighted by Gasteiger charge is 2.14. The van der Waals surface area contributed by atoms with Gasteiger partial charge >= 0.3 is 0 Å². The lowest BCUT2D eigenvalue weighted by molar-refractivity contribution is 0.290. The van der Waals surface area contributed by atoms with Crippen molar-refractivity contribution in [1.82, 2.24) is 4.90 Å². The van der Waals surface area contributed by atoms with Crippen LogP contribution < -0.4 is 5.32 Å². The fraction of sp³-hybridized carbons (Fsp3) is 0.625. The molecule has 0 spiro atoms. The largest absolute Gasteiger partial charge is 0.384 e. The first kappa shape index (κ1) is 14.3. The zero-order chi connectivity index (χ0) is 13.5. The van der Waals surface area contributed by atoms with E-state index in [4.69, 9.17) is 0 Å². The number of hydrogen-bond acceptors (Lipinski definition) is 2. The van der Waals surface area contributed by atoms with Gasteiger partial charge in [0.2, 0.25) is 0 Å². The zero-order valence-electron chi connectivity index (χ0n) is 11.9. The summed E-state index contributed by atoms with van der Waals surface area (Å²) in [5.41, 5.74) is 0.876. The van der Waals surface area contributed by atoms with Crippen LogP contribution in [0.25, 0.3) is 0 Å². The van der Waals surface area contributed by atoms with Crippen molar-refractivity contribution in [2.24, 2.45) is 5.92 Å². The van der Waals surface area contributed by atoms with Gasteiger partial charge in [0, 0.05) is 18.8 Å². The Morgan fingerprint density at radius 2 is 2.21 bits per heavy atom. The van der Waals surface area contributed by atoms with Crippen LogP contribution in [0.2, 0.25) is 0 Å². The van der Waals surface area contributed by atoms with Gasteiger partial charge in [-0.1, -0.05) is 19.4 Å². The lowest BCUT2D eigenvalue weighted by Gasteiger charge is -2.20. The second kappa shape index (κ2) is 7.49. The molecule has 1 aromatic carbocycles. The van der Waals surface area contributed by atoms with E-state index < -0.39 is 0 Å². The minimum Gasteiger partial charge on any atom is -0.384 e. The first-order valence-corrected chi connectivity index (χ1v) is 7.49. The molecule has 2 rings (SSSR count). The molecule has 1 unspecified atom stereocenters. The molecule has 0 saturated carbocycles. The summed E-state index contributed by atoms with van der Waals surface area (Å²) in [6, 6.07) is 6.69. The highest BCUT2D eigenvalue weighted by atomic mass is 19.1. The number of halogens is 1. The molecular weight excluding hydrogens is 239 g/mol. The van der Waals surface area contributed by atoms with E-state index >= 15 is 0 Å². The summed E-state index contributed by atoms with van der Waals surface area (Å²) in [5, 5.41) is 3.30. The predicted molar refractivity (Wildman–Crippen MR) is 79.0 cm³/mol. The van der Waals surface area contributed by atoms with Gasteiger partial charge in [0.25, 0.3) is 0 Å². The third-order valence-corrected chi connectivity index (χ3v) is 4.10. The second-order valence-corrected chi connectivity index (χ2v) is 5.48. The van der Waals surface area contributed by atoms with E-state index in [1.165, 1.54) is 44.8 Å². The number of benzene rings is 1.